The molecular formula is C18H20FNO. The first kappa shape index (κ1) is 14.1. The Bertz CT molecular complexity index is 572. The maximum Gasteiger partial charge on any atom is 0.127 e. The Morgan fingerprint density at radius 1 is 1.05 bits per heavy atom. The second kappa shape index (κ2) is 6.72. The highest BCUT2D eigenvalue weighted by Gasteiger charge is 2.30. The van der Waals surface area contributed by atoms with Gasteiger partial charge in [-0.05, 0) is 31.0 Å². The molecule has 1 saturated heterocycles. The van der Waals surface area contributed by atoms with E-state index < -0.39 is 0 Å². The quantitative estimate of drug-likeness (QED) is 0.743. The predicted molar refractivity (Wildman–Crippen MR) is 81.9 cm³/mol. The molecule has 0 N–H and O–H groups in total. The Kier molecular flexibility index (Phi) is 4.51. The van der Waals surface area contributed by atoms with E-state index in [0.29, 0.717) is 6.61 Å². The number of rotatable bonds is 6. The van der Waals surface area contributed by atoms with E-state index in [-0.39, 0.29) is 11.9 Å². The molecule has 0 aromatic heterocycles. The lowest BCUT2D eigenvalue weighted by molar-refractivity contribution is 0.0809. The number of para-hydroxylation sites is 1. The van der Waals surface area contributed by atoms with Crippen molar-refractivity contribution < 1.29 is 9.13 Å². The molecular weight excluding hydrogens is 265 g/mol. The minimum atomic E-state index is -0.0901. The van der Waals surface area contributed by atoms with Crippen LogP contribution in [0.4, 0.5) is 4.39 Å². The first-order valence-corrected chi connectivity index (χ1v) is 7.51. The van der Waals surface area contributed by atoms with Gasteiger partial charge < -0.3 is 4.74 Å². The first-order valence-electron chi connectivity index (χ1n) is 7.51. The van der Waals surface area contributed by atoms with E-state index in [9.17, 15) is 4.39 Å². The van der Waals surface area contributed by atoms with Crippen molar-refractivity contribution in [3.8, 4) is 5.75 Å². The molecule has 1 atom stereocenters. The van der Waals surface area contributed by atoms with Gasteiger partial charge in [0.2, 0.25) is 0 Å². The molecule has 0 amide bonds. The van der Waals surface area contributed by atoms with E-state index in [0.717, 1.165) is 37.2 Å². The summed E-state index contributed by atoms with van der Waals surface area (Å²) in [6, 6.07) is 17.2. The van der Waals surface area contributed by atoms with Gasteiger partial charge in [0, 0.05) is 24.7 Å². The fraction of sp³-hybridized carbons (Fsp3) is 0.333. The van der Waals surface area contributed by atoms with Gasteiger partial charge >= 0.3 is 0 Å². The van der Waals surface area contributed by atoms with Crippen LogP contribution in [0.25, 0.3) is 0 Å². The molecule has 0 spiro atoms. The lowest BCUT2D eigenvalue weighted by Crippen LogP contribution is -2.42. The third kappa shape index (κ3) is 3.42. The standard InChI is InChI=1S/C18H20FNO/c19-17-10-5-4-9-16(17)18-11-13-20(18)12-6-14-21-15-7-2-1-3-8-15/h1-5,7-10,18H,6,11-14H2/t18-/m1/s1. The summed E-state index contributed by atoms with van der Waals surface area (Å²) >= 11 is 0. The highest BCUT2D eigenvalue weighted by Crippen LogP contribution is 2.34. The molecule has 1 aliphatic heterocycles. The van der Waals surface area contributed by atoms with Crippen molar-refractivity contribution in [2.24, 2.45) is 0 Å². The maximum atomic E-state index is 13.8. The summed E-state index contributed by atoms with van der Waals surface area (Å²) < 4.78 is 19.5. The van der Waals surface area contributed by atoms with Gasteiger partial charge in [-0.25, -0.2) is 4.39 Å². The first-order chi connectivity index (χ1) is 10.3. The Hall–Kier alpha value is -1.87. The second-order valence-corrected chi connectivity index (χ2v) is 5.38. The van der Waals surface area contributed by atoms with Gasteiger partial charge in [0.1, 0.15) is 11.6 Å². The van der Waals surface area contributed by atoms with Crippen LogP contribution in [-0.4, -0.2) is 24.6 Å². The maximum absolute atomic E-state index is 13.8. The Morgan fingerprint density at radius 3 is 2.52 bits per heavy atom. The fourth-order valence-corrected chi connectivity index (χ4v) is 2.78. The average Bonchev–Trinajstić information content (AvgIpc) is 2.49. The number of hydrogen-bond donors (Lipinski definition) is 0. The average molecular weight is 285 g/mol. The van der Waals surface area contributed by atoms with Crippen molar-refractivity contribution in [3.05, 3.63) is 66.0 Å². The molecule has 3 rings (SSSR count). The predicted octanol–water partition coefficient (Wildman–Crippen LogP) is 4.04. The third-order valence-electron chi connectivity index (χ3n) is 4.00. The van der Waals surface area contributed by atoms with Crippen molar-refractivity contribution >= 4 is 0 Å². The van der Waals surface area contributed by atoms with Gasteiger partial charge in [-0.1, -0.05) is 36.4 Å². The monoisotopic (exact) mass is 285 g/mol. The molecule has 0 saturated carbocycles. The normalized spacial score (nSPS) is 18.2. The SMILES string of the molecule is Fc1ccccc1[C@H]1CCN1CCCOc1ccccc1. The Morgan fingerprint density at radius 2 is 1.81 bits per heavy atom. The van der Waals surface area contributed by atoms with Crippen molar-refractivity contribution in [2.75, 3.05) is 19.7 Å². The van der Waals surface area contributed by atoms with Gasteiger partial charge in [-0.3, -0.25) is 4.90 Å². The summed E-state index contributed by atoms with van der Waals surface area (Å²) in [5, 5.41) is 0. The van der Waals surface area contributed by atoms with Crippen molar-refractivity contribution in [1.29, 1.82) is 0 Å². The third-order valence-corrected chi connectivity index (χ3v) is 4.00. The number of hydrogen-bond acceptors (Lipinski definition) is 2. The highest BCUT2D eigenvalue weighted by molar-refractivity contribution is 5.23. The molecule has 21 heavy (non-hydrogen) atoms. The zero-order valence-electron chi connectivity index (χ0n) is 12.0. The molecule has 3 heteroatoms. The van der Waals surface area contributed by atoms with Crippen LogP contribution in [0.2, 0.25) is 0 Å². The summed E-state index contributed by atoms with van der Waals surface area (Å²) in [4.78, 5) is 2.33. The topological polar surface area (TPSA) is 12.5 Å². The number of ether oxygens (including phenoxy) is 1. The number of benzene rings is 2. The van der Waals surface area contributed by atoms with Crippen LogP contribution >= 0.6 is 0 Å². The van der Waals surface area contributed by atoms with E-state index >= 15 is 0 Å². The number of halogens is 1. The summed E-state index contributed by atoms with van der Waals surface area (Å²) in [7, 11) is 0. The molecule has 2 nitrogen and oxygen atoms in total. The molecule has 2 aromatic rings. The van der Waals surface area contributed by atoms with Crippen molar-refractivity contribution in [1.82, 2.24) is 4.90 Å². The van der Waals surface area contributed by atoms with Gasteiger partial charge in [0.25, 0.3) is 0 Å². The zero-order chi connectivity index (χ0) is 14.5. The lowest BCUT2D eigenvalue weighted by Gasteiger charge is -2.41. The van der Waals surface area contributed by atoms with E-state index in [4.69, 9.17) is 4.74 Å². The van der Waals surface area contributed by atoms with Crippen LogP contribution in [0, 0.1) is 5.82 Å². The second-order valence-electron chi connectivity index (χ2n) is 5.38. The molecule has 0 bridgehead atoms. The van der Waals surface area contributed by atoms with Crippen molar-refractivity contribution in [3.63, 3.8) is 0 Å². The van der Waals surface area contributed by atoms with Gasteiger partial charge in [-0.2, -0.15) is 0 Å². The molecule has 1 aliphatic rings. The van der Waals surface area contributed by atoms with Crippen LogP contribution in [0.5, 0.6) is 5.75 Å². The van der Waals surface area contributed by atoms with E-state index in [1.807, 2.05) is 42.5 Å². The summed E-state index contributed by atoms with van der Waals surface area (Å²) in [5.74, 6) is 0.819. The largest absolute Gasteiger partial charge is 0.494 e. The minimum Gasteiger partial charge on any atom is -0.494 e. The summed E-state index contributed by atoms with van der Waals surface area (Å²) in [6.07, 6.45) is 2.00. The molecule has 1 fully saturated rings. The van der Waals surface area contributed by atoms with E-state index in [2.05, 4.69) is 4.90 Å². The van der Waals surface area contributed by atoms with E-state index in [1.54, 1.807) is 12.1 Å². The van der Waals surface area contributed by atoms with Crippen LogP contribution in [-0.2, 0) is 0 Å². The van der Waals surface area contributed by atoms with Crippen LogP contribution in [0.1, 0.15) is 24.4 Å². The van der Waals surface area contributed by atoms with Gasteiger partial charge in [-0.15, -0.1) is 0 Å². The molecule has 2 aromatic carbocycles. The minimum absolute atomic E-state index is 0.0901. The molecule has 0 aliphatic carbocycles. The fourth-order valence-electron chi connectivity index (χ4n) is 2.78. The summed E-state index contributed by atoms with van der Waals surface area (Å²) in [5.41, 5.74) is 0.827. The van der Waals surface area contributed by atoms with Crippen molar-refractivity contribution in [2.45, 2.75) is 18.9 Å². The van der Waals surface area contributed by atoms with E-state index in [1.165, 1.54) is 0 Å². The number of nitrogens with zero attached hydrogens (tertiary/aromatic N) is 1. The lowest BCUT2D eigenvalue weighted by atomic mass is 9.94. The molecule has 0 unspecified atom stereocenters. The van der Waals surface area contributed by atoms with Gasteiger partial charge in [0.05, 0.1) is 6.61 Å². The molecule has 110 valence electrons. The number of likely N-dealkylation sites (tertiary alicyclic amines) is 1. The summed E-state index contributed by atoms with van der Waals surface area (Å²) in [6.45, 7) is 2.70. The van der Waals surface area contributed by atoms with Gasteiger partial charge in [0.15, 0.2) is 0 Å². The Labute approximate surface area is 125 Å². The Balaban J connectivity index is 1.45. The highest BCUT2D eigenvalue weighted by atomic mass is 19.1. The molecule has 1 heterocycles. The molecule has 0 radical (unpaired) electrons. The zero-order valence-corrected chi connectivity index (χ0v) is 12.0. The van der Waals surface area contributed by atoms with Crippen LogP contribution in [0.3, 0.4) is 0 Å². The van der Waals surface area contributed by atoms with Crippen LogP contribution in [0.15, 0.2) is 54.6 Å². The van der Waals surface area contributed by atoms with Crippen LogP contribution < -0.4 is 4.74 Å². The smallest absolute Gasteiger partial charge is 0.127 e.